The van der Waals surface area contributed by atoms with Crippen LogP contribution in [-0.4, -0.2) is 26.9 Å². The number of hydrogen-bond acceptors (Lipinski definition) is 3. The average molecular weight is 247 g/mol. The molecule has 3 nitrogen and oxygen atoms in total. The molecule has 0 saturated heterocycles. The van der Waals surface area contributed by atoms with E-state index >= 15 is 0 Å². The summed E-state index contributed by atoms with van der Waals surface area (Å²) in [6.07, 6.45) is 6.99. The summed E-state index contributed by atoms with van der Waals surface area (Å²) in [7, 11) is 0. The normalized spacial score (nSPS) is 36.6. The SMILES string of the molecule is OC(Cc1ccccn1)C1(O)[C@@H]2CCC[C@H]1CC2. The molecule has 1 heterocycles. The van der Waals surface area contributed by atoms with Gasteiger partial charge in [0.05, 0.1) is 11.7 Å². The van der Waals surface area contributed by atoms with Gasteiger partial charge in [0.2, 0.25) is 0 Å². The van der Waals surface area contributed by atoms with Crippen LogP contribution in [0.4, 0.5) is 0 Å². The van der Waals surface area contributed by atoms with Crippen LogP contribution < -0.4 is 0 Å². The molecule has 1 aromatic rings. The van der Waals surface area contributed by atoms with Gasteiger partial charge in [-0.3, -0.25) is 4.98 Å². The Hall–Kier alpha value is -0.930. The van der Waals surface area contributed by atoms with Crippen molar-refractivity contribution in [3.8, 4) is 0 Å². The van der Waals surface area contributed by atoms with E-state index in [-0.39, 0.29) is 11.8 Å². The first-order chi connectivity index (χ1) is 8.71. The molecule has 2 N–H and O–H groups in total. The average Bonchev–Trinajstić information content (AvgIpc) is 2.58. The van der Waals surface area contributed by atoms with Crippen molar-refractivity contribution in [2.24, 2.45) is 11.8 Å². The zero-order valence-corrected chi connectivity index (χ0v) is 10.6. The first-order valence-electron chi connectivity index (χ1n) is 7.01. The van der Waals surface area contributed by atoms with E-state index in [0.717, 1.165) is 31.4 Å². The van der Waals surface area contributed by atoms with Crippen molar-refractivity contribution in [1.29, 1.82) is 0 Å². The predicted octanol–water partition coefficient (Wildman–Crippen LogP) is 1.93. The standard InChI is InChI=1S/C15H21NO2/c17-14(10-13-6-1-2-9-16-13)15(18)11-4-3-5-12(15)8-7-11/h1-2,6,9,11-12,14,17-18H,3-5,7-8,10H2/t11-,12+,14?,15?. The highest BCUT2D eigenvalue weighted by Gasteiger charge is 2.54. The van der Waals surface area contributed by atoms with Crippen LogP contribution in [0.3, 0.4) is 0 Å². The predicted molar refractivity (Wildman–Crippen MR) is 69.0 cm³/mol. The fourth-order valence-electron chi connectivity index (χ4n) is 3.98. The summed E-state index contributed by atoms with van der Waals surface area (Å²) in [5, 5.41) is 21.4. The highest BCUT2D eigenvalue weighted by molar-refractivity contribution is 5.11. The maximum Gasteiger partial charge on any atom is 0.0965 e. The minimum Gasteiger partial charge on any atom is -0.390 e. The molecule has 98 valence electrons. The van der Waals surface area contributed by atoms with Gasteiger partial charge in [-0.1, -0.05) is 12.5 Å². The second kappa shape index (κ2) is 4.63. The molecule has 2 aliphatic carbocycles. The van der Waals surface area contributed by atoms with Crippen LogP contribution in [0.2, 0.25) is 0 Å². The van der Waals surface area contributed by atoms with Gasteiger partial charge < -0.3 is 10.2 Å². The zero-order valence-electron chi connectivity index (χ0n) is 10.6. The Morgan fingerprint density at radius 2 is 1.94 bits per heavy atom. The molecule has 0 spiro atoms. The molecule has 0 amide bonds. The molecule has 1 aromatic heterocycles. The molecule has 2 saturated carbocycles. The maximum atomic E-state index is 10.9. The van der Waals surface area contributed by atoms with Gasteiger partial charge in [-0.2, -0.15) is 0 Å². The fourth-order valence-corrected chi connectivity index (χ4v) is 3.98. The lowest BCUT2D eigenvalue weighted by molar-refractivity contribution is -0.142. The van der Waals surface area contributed by atoms with Crippen molar-refractivity contribution >= 4 is 0 Å². The quantitative estimate of drug-likeness (QED) is 0.858. The van der Waals surface area contributed by atoms with E-state index in [2.05, 4.69) is 4.98 Å². The third-order valence-electron chi connectivity index (χ3n) is 4.94. The Morgan fingerprint density at radius 1 is 1.22 bits per heavy atom. The van der Waals surface area contributed by atoms with Crippen molar-refractivity contribution in [2.75, 3.05) is 0 Å². The van der Waals surface area contributed by atoms with E-state index < -0.39 is 11.7 Å². The van der Waals surface area contributed by atoms with Gasteiger partial charge in [-0.05, 0) is 49.7 Å². The molecule has 3 rings (SSSR count). The number of fused-ring (bicyclic) bond motifs is 2. The molecule has 18 heavy (non-hydrogen) atoms. The summed E-state index contributed by atoms with van der Waals surface area (Å²) < 4.78 is 0. The third kappa shape index (κ3) is 1.86. The minimum atomic E-state index is -0.865. The molecule has 0 aliphatic heterocycles. The monoisotopic (exact) mass is 247 g/mol. The number of rotatable bonds is 3. The van der Waals surface area contributed by atoms with E-state index in [1.807, 2.05) is 18.2 Å². The Bertz CT molecular complexity index is 390. The number of aliphatic hydroxyl groups is 2. The van der Waals surface area contributed by atoms with E-state index in [9.17, 15) is 10.2 Å². The topological polar surface area (TPSA) is 53.4 Å². The van der Waals surface area contributed by atoms with Crippen LogP contribution in [0.5, 0.6) is 0 Å². The molecule has 2 unspecified atom stereocenters. The minimum absolute atomic E-state index is 0.287. The molecular weight excluding hydrogens is 226 g/mol. The number of aliphatic hydroxyl groups excluding tert-OH is 1. The molecule has 2 bridgehead atoms. The third-order valence-corrected chi connectivity index (χ3v) is 4.94. The van der Waals surface area contributed by atoms with Gasteiger partial charge in [-0.25, -0.2) is 0 Å². The van der Waals surface area contributed by atoms with E-state index in [4.69, 9.17) is 0 Å². The molecule has 0 radical (unpaired) electrons. The van der Waals surface area contributed by atoms with E-state index in [1.54, 1.807) is 6.20 Å². The van der Waals surface area contributed by atoms with Crippen molar-refractivity contribution < 1.29 is 10.2 Å². The van der Waals surface area contributed by atoms with Gasteiger partial charge in [-0.15, -0.1) is 0 Å². The van der Waals surface area contributed by atoms with Gasteiger partial charge >= 0.3 is 0 Å². The summed E-state index contributed by atoms with van der Waals surface area (Å²) in [6, 6.07) is 5.71. The first-order valence-corrected chi connectivity index (χ1v) is 7.01. The van der Waals surface area contributed by atoms with Crippen LogP contribution >= 0.6 is 0 Å². The van der Waals surface area contributed by atoms with Gasteiger partial charge in [0.15, 0.2) is 0 Å². The molecular formula is C15H21NO2. The highest BCUT2D eigenvalue weighted by Crippen LogP contribution is 2.51. The zero-order chi connectivity index (χ0) is 12.6. The maximum absolute atomic E-state index is 10.9. The summed E-state index contributed by atoms with van der Waals surface area (Å²) >= 11 is 0. The lowest BCUT2D eigenvalue weighted by Gasteiger charge is -2.42. The molecule has 0 aromatic carbocycles. The smallest absolute Gasteiger partial charge is 0.0965 e. The molecule has 4 atom stereocenters. The van der Waals surface area contributed by atoms with Crippen molar-refractivity contribution in [1.82, 2.24) is 4.98 Å². The molecule has 3 heteroatoms. The summed E-state index contributed by atoms with van der Waals surface area (Å²) in [5.41, 5.74) is -0.00105. The van der Waals surface area contributed by atoms with Crippen molar-refractivity contribution in [3.63, 3.8) is 0 Å². The Kier molecular flexibility index (Phi) is 3.12. The van der Waals surface area contributed by atoms with Gasteiger partial charge in [0, 0.05) is 18.3 Å². The fraction of sp³-hybridized carbons (Fsp3) is 0.667. The van der Waals surface area contributed by atoms with Crippen LogP contribution in [0.1, 0.15) is 37.8 Å². The molecule has 2 aliphatic rings. The summed E-state index contributed by atoms with van der Waals surface area (Å²) in [5.74, 6) is 0.574. The van der Waals surface area contributed by atoms with Crippen LogP contribution in [0.15, 0.2) is 24.4 Å². The number of hydrogen-bond donors (Lipinski definition) is 2. The lowest BCUT2D eigenvalue weighted by Crippen LogP contribution is -2.53. The Morgan fingerprint density at radius 3 is 2.56 bits per heavy atom. The highest BCUT2D eigenvalue weighted by atomic mass is 16.3. The number of pyridine rings is 1. The number of aromatic nitrogens is 1. The van der Waals surface area contributed by atoms with Crippen LogP contribution in [0.25, 0.3) is 0 Å². The van der Waals surface area contributed by atoms with E-state index in [0.29, 0.717) is 6.42 Å². The number of nitrogens with zero attached hydrogens (tertiary/aromatic N) is 1. The first kappa shape index (κ1) is 12.1. The van der Waals surface area contributed by atoms with Gasteiger partial charge in [0.1, 0.15) is 0 Å². The molecule has 2 fully saturated rings. The Balaban J connectivity index is 1.77. The van der Waals surface area contributed by atoms with Crippen LogP contribution in [0, 0.1) is 11.8 Å². The summed E-state index contributed by atoms with van der Waals surface area (Å²) in [6.45, 7) is 0. The summed E-state index contributed by atoms with van der Waals surface area (Å²) in [4.78, 5) is 4.24. The van der Waals surface area contributed by atoms with Crippen molar-refractivity contribution in [2.45, 2.75) is 50.2 Å². The second-order valence-electron chi connectivity index (χ2n) is 5.83. The van der Waals surface area contributed by atoms with Crippen LogP contribution in [-0.2, 0) is 6.42 Å². The largest absolute Gasteiger partial charge is 0.390 e. The Labute approximate surface area is 108 Å². The van der Waals surface area contributed by atoms with Gasteiger partial charge in [0.25, 0.3) is 0 Å². The lowest BCUT2D eigenvalue weighted by atomic mass is 9.70. The van der Waals surface area contributed by atoms with E-state index in [1.165, 1.54) is 6.42 Å². The second-order valence-corrected chi connectivity index (χ2v) is 5.83. The van der Waals surface area contributed by atoms with Crippen molar-refractivity contribution in [3.05, 3.63) is 30.1 Å².